The van der Waals surface area contributed by atoms with Gasteiger partial charge in [0.25, 0.3) is 0 Å². The standard InChI is InChI=1S/C21H24Cl2N2O2S.ClH/c1-14(2)16-5-3-4-6-17(16)28-18-8-7-15(19(22)20(18)23)13-27-21(26)25-11-9-24-10-12-25;/h3-8,14,24H,9-13H2,1-2H3;1H. The summed E-state index contributed by atoms with van der Waals surface area (Å²) < 4.78 is 5.42. The molecule has 1 amide bonds. The van der Waals surface area contributed by atoms with Crippen molar-refractivity contribution in [3.8, 4) is 0 Å². The highest BCUT2D eigenvalue weighted by atomic mass is 35.5. The molecule has 0 bridgehead atoms. The summed E-state index contributed by atoms with van der Waals surface area (Å²) in [7, 11) is 0. The Bertz CT molecular complexity index is 843. The molecule has 1 N–H and O–H groups in total. The zero-order valence-corrected chi connectivity index (χ0v) is 19.6. The molecule has 1 aliphatic heterocycles. The van der Waals surface area contributed by atoms with Crippen molar-refractivity contribution in [2.75, 3.05) is 26.2 Å². The number of piperazine rings is 1. The van der Waals surface area contributed by atoms with Crippen LogP contribution in [0.2, 0.25) is 10.0 Å². The largest absolute Gasteiger partial charge is 0.444 e. The summed E-state index contributed by atoms with van der Waals surface area (Å²) >= 11 is 14.6. The zero-order valence-electron chi connectivity index (χ0n) is 16.4. The first-order chi connectivity index (χ1) is 13.5. The number of rotatable bonds is 5. The van der Waals surface area contributed by atoms with Crippen LogP contribution in [0.25, 0.3) is 0 Å². The average Bonchev–Trinajstić information content (AvgIpc) is 2.71. The van der Waals surface area contributed by atoms with Crippen molar-refractivity contribution in [1.82, 2.24) is 10.2 Å². The van der Waals surface area contributed by atoms with Gasteiger partial charge in [-0.2, -0.15) is 0 Å². The lowest BCUT2D eigenvalue weighted by molar-refractivity contribution is 0.0918. The van der Waals surface area contributed by atoms with E-state index in [0.717, 1.165) is 22.9 Å². The summed E-state index contributed by atoms with van der Waals surface area (Å²) in [6.45, 7) is 7.32. The number of amides is 1. The second kappa shape index (κ2) is 11.3. The number of carbonyl (C=O) groups excluding carboxylic acids is 1. The molecule has 4 nitrogen and oxygen atoms in total. The molecule has 3 rings (SSSR count). The van der Waals surface area contributed by atoms with Crippen LogP contribution in [0.5, 0.6) is 0 Å². The van der Waals surface area contributed by atoms with Crippen LogP contribution in [-0.2, 0) is 11.3 Å². The number of halogens is 3. The minimum Gasteiger partial charge on any atom is -0.444 e. The molecule has 1 saturated heterocycles. The normalized spacial score (nSPS) is 13.9. The highest BCUT2D eigenvalue weighted by Gasteiger charge is 2.19. The minimum atomic E-state index is -0.321. The third-order valence-electron chi connectivity index (χ3n) is 4.61. The van der Waals surface area contributed by atoms with Crippen LogP contribution in [0.1, 0.15) is 30.9 Å². The van der Waals surface area contributed by atoms with E-state index in [1.54, 1.807) is 16.7 Å². The second-order valence-corrected chi connectivity index (χ2v) is 8.78. The maximum atomic E-state index is 12.2. The monoisotopic (exact) mass is 474 g/mol. The van der Waals surface area contributed by atoms with Gasteiger partial charge in [0.05, 0.1) is 10.0 Å². The van der Waals surface area contributed by atoms with Gasteiger partial charge in [-0.15, -0.1) is 12.4 Å². The third kappa shape index (κ3) is 6.19. The van der Waals surface area contributed by atoms with E-state index in [4.69, 9.17) is 27.9 Å². The summed E-state index contributed by atoms with van der Waals surface area (Å²) in [6.07, 6.45) is -0.321. The molecule has 2 aromatic rings. The van der Waals surface area contributed by atoms with Crippen molar-refractivity contribution in [2.24, 2.45) is 0 Å². The van der Waals surface area contributed by atoms with Crippen LogP contribution in [0.15, 0.2) is 46.2 Å². The smallest absolute Gasteiger partial charge is 0.410 e. The number of hydrogen-bond acceptors (Lipinski definition) is 4. The van der Waals surface area contributed by atoms with Crippen molar-refractivity contribution in [3.05, 3.63) is 57.6 Å². The van der Waals surface area contributed by atoms with Crippen molar-refractivity contribution in [1.29, 1.82) is 0 Å². The molecule has 0 unspecified atom stereocenters. The topological polar surface area (TPSA) is 41.6 Å². The number of nitrogens with zero attached hydrogens (tertiary/aromatic N) is 1. The van der Waals surface area contributed by atoms with E-state index in [1.807, 2.05) is 24.3 Å². The molecule has 1 aliphatic rings. The Balaban J connectivity index is 0.00000300. The van der Waals surface area contributed by atoms with E-state index < -0.39 is 0 Å². The molecule has 0 saturated carbocycles. The van der Waals surface area contributed by atoms with E-state index in [-0.39, 0.29) is 25.1 Å². The average molecular weight is 476 g/mol. The van der Waals surface area contributed by atoms with Gasteiger partial charge < -0.3 is 15.0 Å². The highest BCUT2D eigenvalue weighted by molar-refractivity contribution is 7.99. The molecule has 0 aromatic heterocycles. The van der Waals surface area contributed by atoms with Crippen molar-refractivity contribution in [3.63, 3.8) is 0 Å². The molecule has 0 atom stereocenters. The number of benzene rings is 2. The molecule has 0 aliphatic carbocycles. The first-order valence-corrected chi connectivity index (χ1v) is 10.9. The number of carbonyl (C=O) groups is 1. The molecule has 0 spiro atoms. The molecule has 0 radical (unpaired) electrons. The molecular formula is C21H25Cl3N2O2S. The Hall–Kier alpha value is -1.11. The molecule has 1 heterocycles. The van der Waals surface area contributed by atoms with Gasteiger partial charge in [0, 0.05) is 41.5 Å². The van der Waals surface area contributed by atoms with E-state index >= 15 is 0 Å². The first kappa shape index (κ1) is 24.2. The number of ether oxygens (including phenoxy) is 1. The van der Waals surface area contributed by atoms with Gasteiger partial charge in [0.2, 0.25) is 0 Å². The van der Waals surface area contributed by atoms with E-state index in [1.165, 1.54) is 5.56 Å². The second-order valence-electron chi connectivity index (χ2n) is 6.94. The molecule has 8 heteroatoms. The van der Waals surface area contributed by atoms with Crippen LogP contribution in [-0.4, -0.2) is 37.2 Å². The maximum Gasteiger partial charge on any atom is 0.410 e. The Labute approximate surface area is 192 Å². The summed E-state index contributed by atoms with van der Waals surface area (Å²) in [5.74, 6) is 0.418. The predicted octanol–water partition coefficient (Wildman–Crippen LogP) is 6.23. The van der Waals surface area contributed by atoms with Crippen LogP contribution in [0.3, 0.4) is 0 Å². The maximum absolute atomic E-state index is 12.2. The van der Waals surface area contributed by atoms with Gasteiger partial charge in [-0.05, 0) is 23.6 Å². The van der Waals surface area contributed by atoms with Crippen molar-refractivity contribution in [2.45, 2.75) is 36.2 Å². The third-order valence-corrected chi connectivity index (χ3v) is 6.80. The summed E-state index contributed by atoms with van der Waals surface area (Å²) in [5.41, 5.74) is 1.98. The predicted molar refractivity (Wildman–Crippen MR) is 123 cm³/mol. The van der Waals surface area contributed by atoms with Crippen LogP contribution >= 0.6 is 47.4 Å². The van der Waals surface area contributed by atoms with Crippen molar-refractivity contribution < 1.29 is 9.53 Å². The fourth-order valence-corrected chi connectivity index (χ4v) is 4.72. The van der Waals surface area contributed by atoms with Crippen LogP contribution in [0.4, 0.5) is 4.79 Å². The van der Waals surface area contributed by atoms with Gasteiger partial charge in [0.1, 0.15) is 6.61 Å². The quantitative estimate of drug-likeness (QED) is 0.556. The summed E-state index contributed by atoms with van der Waals surface area (Å²) in [5, 5.41) is 4.13. The van der Waals surface area contributed by atoms with Gasteiger partial charge in [-0.25, -0.2) is 4.79 Å². The van der Waals surface area contributed by atoms with Crippen LogP contribution < -0.4 is 5.32 Å². The fourth-order valence-electron chi connectivity index (χ4n) is 3.01. The zero-order chi connectivity index (χ0) is 20.1. The van der Waals surface area contributed by atoms with E-state index in [9.17, 15) is 4.79 Å². The number of hydrogen-bond donors (Lipinski definition) is 1. The lowest BCUT2D eigenvalue weighted by Crippen LogP contribution is -2.46. The number of nitrogens with one attached hydrogen (secondary N) is 1. The Kier molecular flexibility index (Phi) is 9.44. The fraction of sp³-hybridized carbons (Fsp3) is 0.381. The Morgan fingerprint density at radius 2 is 1.79 bits per heavy atom. The molecule has 29 heavy (non-hydrogen) atoms. The highest BCUT2D eigenvalue weighted by Crippen LogP contribution is 2.41. The lowest BCUT2D eigenvalue weighted by Gasteiger charge is -2.26. The Morgan fingerprint density at radius 1 is 1.10 bits per heavy atom. The van der Waals surface area contributed by atoms with Gasteiger partial charge in [-0.3, -0.25) is 0 Å². The summed E-state index contributed by atoms with van der Waals surface area (Å²) in [6, 6.07) is 12.1. The molecule has 2 aromatic carbocycles. The Morgan fingerprint density at radius 3 is 2.48 bits per heavy atom. The first-order valence-electron chi connectivity index (χ1n) is 9.33. The van der Waals surface area contributed by atoms with Crippen molar-refractivity contribution >= 4 is 53.5 Å². The van der Waals surface area contributed by atoms with Gasteiger partial charge >= 0.3 is 6.09 Å². The molecular weight excluding hydrogens is 451 g/mol. The van der Waals surface area contributed by atoms with E-state index in [2.05, 4.69) is 31.3 Å². The molecule has 158 valence electrons. The summed E-state index contributed by atoms with van der Waals surface area (Å²) in [4.78, 5) is 15.9. The van der Waals surface area contributed by atoms with Gasteiger partial charge in [0.15, 0.2) is 0 Å². The van der Waals surface area contributed by atoms with Crippen LogP contribution in [0, 0.1) is 0 Å². The van der Waals surface area contributed by atoms with Gasteiger partial charge in [-0.1, -0.05) is 73.1 Å². The van der Waals surface area contributed by atoms with E-state index in [0.29, 0.717) is 34.6 Å². The molecule has 1 fully saturated rings. The lowest BCUT2D eigenvalue weighted by atomic mass is 10.0. The SMILES string of the molecule is CC(C)c1ccccc1Sc1ccc(COC(=O)N2CCNCC2)c(Cl)c1Cl.Cl. The minimum absolute atomic E-state index is 0.